The normalized spacial score (nSPS) is 9.08. The maximum absolute atomic E-state index is 12.7. The highest BCUT2D eigenvalue weighted by atomic mass is 19.1. The Kier molecular flexibility index (Phi) is 2.65. The van der Waals surface area contributed by atoms with Crippen molar-refractivity contribution in [3.63, 3.8) is 0 Å². The van der Waals surface area contributed by atoms with Crippen molar-refractivity contribution in [2.24, 2.45) is 0 Å². The van der Waals surface area contributed by atoms with Crippen molar-refractivity contribution >= 4 is 5.69 Å². The smallest absolute Gasteiger partial charge is 0.125 e. The zero-order chi connectivity index (χ0) is 8.97. The zero-order valence-electron chi connectivity index (χ0n) is 6.76. The first-order valence-electron chi connectivity index (χ1n) is 3.61. The van der Waals surface area contributed by atoms with E-state index in [-0.39, 0.29) is 12.4 Å². The highest BCUT2D eigenvalue weighted by Crippen LogP contribution is 2.14. The maximum atomic E-state index is 12.7. The molecule has 0 aromatic heterocycles. The molecule has 1 N–H and O–H groups in total. The van der Waals surface area contributed by atoms with Crippen LogP contribution in [-0.2, 0) is 0 Å². The van der Waals surface area contributed by atoms with Gasteiger partial charge in [-0.15, -0.1) is 0 Å². The third-order valence-corrected chi connectivity index (χ3v) is 1.56. The van der Waals surface area contributed by atoms with Crippen molar-refractivity contribution in [1.29, 1.82) is 5.26 Å². The van der Waals surface area contributed by atoms with Gasteiger partial charge < -0.3 is 5.32 Å². The second-order valence-electron chi connectivity index (χ2n) is 2.47. The Bertz CT molecular complexity index is 315. The van der Waals surface area contributed by atoms with Gasteiger partial charge in [-0.05, 0) is 24.6 Å². The van der Waals surface area contributed by atoms with E-state index < -0.39 is 0 Å². The molecule has 62 valence electrons. The van der Waals surface area contributed by atoms with Crippen LogP contribution >= 0.6 is 0 Å². The summed E-state index contributed by atoms with van der Waals surface area (Å²) in [5.74, 6) is -0.291. The van der Waals surface area contributed by atoms with E-state index in [1.165, 1.54) is 12.1 Å². The Balaban J connectivity index is 2.84. The molecule has 0 aliphatic rings. The van der Waals surface area contributed by atoms with Crippen LogP contribution in [-0.4, -0.2) is 6.54 Å². The van der Waals surface area contributed by atoms with Gasteiger partial charge in [-0.3, -0.25) is 0 Å². The molecule has 1 aromatic rings. The van der Waals surface area contributed by atoms with Crippen LogP contribution in [0.15, 0.2) is 18.2 Å². The first-order chi connectivity index (χ1) is 5.74. The number of nitriles is 1. The van der Waals surface area contributed by atoms with Crippen molar-refractivity contribution in [3.05, 3.63) is 29.6 Å². The molecule has 0 saturated heterocycles. The van der Waals surface area contributed by atoms with Crippen molar-refractivity contribution in [3.8, 4) is 6.07 Å². The number of hydrogen-bond acceptors (Lipinski definition) is 2. The van der Waals surface area contributed by atoms with Gasteiger partial charge in [0.2, 0.25) is 0 Å². The number of anilines is 1. The Hall–Kier alpha value is -1.56. The molecule has 3 heteroatoms. The molecule has 0 aliphatic heterocycles. The van der Waals surface area contributed by atoms with Crippen LogP contribution in [0.2, 0.25) is 0 Å². The van der Waals surface area contributed by atoms with Crippen molar-refractivity contribution in [2.45, 2.75) is 6.92 Å². The number of rotatable bonds is 2. The molecular weight excluding hydrogens is 155 g/mol. The summed E-state index contributed by atoms with van der Waals surface area (Å²) >= 11 is 0. The Morgan fingerprint density at radius 3 is 3.00 bits per heavy atom. The van der Waals surface area contributed by atoms with Crippen LogP contribution in [0.5, 0.6) is 0 Å². The summed E-state index contributed by atoms with van der Waals surface area (Å²) in [5, 5.41) is 11.1. The summed E-state index contributed by atoms with van der Waals surface area (Å²) in [6.45, 7) is 2.06. The van der Waals surface area contributed by atoms with Gasteiger partial charge in [0.15, 0.2) is 0 Å². The molecule has 1 aromatic carbocycles. The number of aryl methyl sites for hydroxylation is 1. The van der Waals surface area contributed by atoms with Crippen LogP contribution in [0.1, 0.15) is 5.56 Å². The van der Waals surface area contributed by atoms with E-state index in [4.69, 9.17) is 5.26 Å². The minimum Gasteiger partial charge on any atom is -0.372 e. The molecule has 0 saturated carbocycles. The minimum atomic E-state index is -0.291. The number of nitrogens with one attached hydrogen (secondary N) is 1. The maximum Gasteiger partial charge on any atom is 0.125 e. The molecule has 0 fully saturated rings. The van der Waals surface area contributed by atoms with Crippen molar-refractivity contribution < 1.29 is 4.39 Å². The molecular formula is C9H9FN2. The van der Waals surface area contributed by atoms with E-state index in [1.54, 1.807) is 6.07 Å². The van der Waals surface area contributed by atoms with Gasteiger partial charge in [0.1, 0.15) is 12.4 Å². The van der Waals surface area contributed by atoms with Crippen LogP contribution in [0.3, 0.4) is 0 Å². The lowest BCUT2D eigenvalue weighted by Crippen LogP contribution is -2.00. The predicted octanol–water partition coefficient (Wildman–Crippen LogP) is 2.07. The van der Waals surface area contributed by atoms with Crippen LogP contribution in [0, 0.1) is 24.1 Å². The van der Waals surface area contributed by atoms with Crippen molar-refractivity contribution in [2.75, 3.05) is 11.9 Å². The Labute approximate surface area is 70.6 Å². The quantitative estimate of drug-likeness (QED) is 0.679. The van der Waals surface area contributed by atoms with Gasteiger partial charge in [-0.2, -0.15) is 5.26 Å². The first-order valence-corrected chi connectivity index (χ1v) is 3.61. The van der Waals surface area contributed by atoms with E-state index in [9.17, 15) is 4.39 Å². The van der Waals surface area contributed by atoms with Gasteiger partial charge in [0.25, 0.3) is 0 Å². The zero-order valence-corrected chi connectivity index (χ0v) is 6.76. The first kappa shape index (κ1) is 8.54. The third kappa shape index (κ3) is 1.96. The molecule has 0 spiro atoms. The fraction of sp³-hybridized carbons (Fsp3) is 0.222. The molecule has 0 unspecified atom stereocenters. The van der Waals surface area contributed by atoms with Gasteiger partial charge >= 0.3 is 0 Å². The summed E-state index contributed by atoms with van der Waals surface area (Å²) < 4.78 is 12.7. The molecule has 0 amide bonds. The van der Waals surface area contributed by atoms with E-state index in [0.29, 0.717) is 5.69 Å². The predicted molar refractivity (Wildman–Crippen MR) is 45.2 cm³/mol. The van der Waals surface area contributed by atoms with E-state index in [1.807, 2.05) is 13.0 Å². The molecule has 0 atom stereocenters. The van der Waals surface area contributed by atoms with Crippen LogP contribution in [0.25, 0.3) is 0 Å². The van der Waals surface area contributed by atoms with E-state index >= 15 is 0 Å². The topological polar surface area (TPSA) is 35.8 Å². The largest absolute Gasteiger partial charge is 0.372 e. The summed E-state index contributed by atoms with van der Waals surface area (Å²) in [6.07, 6.45) is 0. The minimum absolute atomic E-state index is 0.199. The lowest BCUT2D eigenvalue weighted by Gasteiger charge is -2.04. The molecule has 0 radical (unpaired) electrons. The SMILES string of the molecule is Cc1ccc(F)cc1NCC#N. The standard InChI is InChI=1S/C9H9FN2/c1-7-2-3-8(10)6-9(7)12-5-4-11/h2-3,6,12H,5H2,1H3. The second kappa shape index (κ2) is 3.72. The molecule has 12 heavy (non-hydrogen) atoms. The molecule has 2 nitrogen and oxygen atoms in total. The average molecular weight is 164 g/mol. The van der Waals surface area contributed by atoms with Crippen molar-refractivity contribution in [1.82, 2.24) is 0 Å². The van der Waals surface area contributed by atoms with Crippen LogP contribution < -0.4 is 5.32 Å². The highest BCUT2D eigenvalue weighted by molar-refractivity contribution is 5.51. The molecule has 1 rings (SSSR count). The number of nitrogens with zero attached hydrogens (tertiary/aromatic N) is 1. The number of hydrogen-bond donors (Lipinski definition) is 1. The third-order valence-electron chi connectivity index (χ3n) is 1.56. The lowest BCUT2D eigenvalue weighted by molar-refractivity contribution is 0.628. The summed E-state index contributed by atoms with van der Waals surface area (Å²) in [4.78, 5) is 0. The van der Waals surface area contributed by atoms with E-state index in [2.05, 4.69) is 5.32 Å². The number of benzene rings is 1. The van der Waals surface area contributed by atoms with Gasteiger partial charge in [-0.25, -0.2) is 4.39 Å². The highest BCUT2D eigenvalue weighted by Gasteiger charge is 1.97. The lowest BCUT2D eigenvalue weighted by atomic mass is 10.2. The van der Waals surface area contributed by atoms with E-state index in [0.717, 1.165) is 5.56 Å². The summed E-state index contributed by atoms with van der Waals surface area (Å²) in [6, 6.07) is 6.38. The Morgan fingerprint density at radius 2 is 2.33 bits per heavy atom. The van der Waals surface area contributed by atoms with Gasteiger partial charge in [0.05, 0.1) is 6.07 Å². The molecule has 0 bridgehead atoms. The Morgan fingerprint density at radius 1 is 1.58 bits per heavy atom. The van der Waals surface area contributed by atoms with Gasteiger partial charge in [-0.1, -0.05) is 6.07 Å². The molecule has 0 aliphatic carbocycles. The van der Waals surface area contributed by atoms with Crippen LogP contribution in [0.4, 0.5) is 10.1 Å². The fourth-order valence-electron chi connectivity index (χ4n) is 0.919. The average Bonchev–Trinajstić information content (AvgIpc) is 2.07. The summed E-state index contributed by atoms with van der Waals surface area (Å²) in [7, 11) is 0. The monoisotopic (exact) mass is 164 g/mol. The summed E-state index contributed by atoms with van der Waals surface area (Å²) in [5.41, 5.74) is 1.61. The number of halogens is 1. The van der Waals surface area contributed by atoms with Gasteiger partial charge in [0, 0.05) is 5.69 Å². The molecule has 0 heterocycles. The fourth-order valence-corrected chi connectivity index (χ4v) is 0.919. The second-order valence-corrected chi connectivity index (χ2v) is 2.47.